The van der Waals surface area contributed by atoms with E-state index in [1.54, 1.807) is 0 Å². The number of hydrogen-bond donors (Lipinski definition) is 0. The van der Waals surface area contributed by atoms with Crippen LogP contribution in [0, 0.1) is 0 Å². The molecule has 0 amide bonds. The molecule has 6 nitrogen and oxygen atoms in total. The van der Waals surface area contributed by atoms with Crippen LogP contribution in [0.2, 0.25) is 0 Å². The third-order valence-electron chi connectivity index (χ3n) is 13.7. The molecule has 0 bridgehead atoms. The molecule has 0 aromatic heterocycles. The lowest BCUT2D eigenvalue weighted by Crippen LogP contribution is -2.30. The first kappa shape index (κ1) is 73.8. The Bertz CT molecular complexity index is 1620. The average molecular weight is 1080 g/mol. The van der Waals surface area contributed by atoms with Crippen LogP contribution in [0.15, 0.2) is 122 Å². The fraction of sp³-hybridized carbons (Fsp3) is 0.681. The van der Waals surface area contributed by atoms with E-state index >= 15 is 0 Å². The molecule has 0 saturated carbocycles. The van der Waals surface area contributed by atoms with E-state index < -0.39 is 6.10 Å². The van der Waals surface area contributed by atoms with E-state index in [0.717, 1.165) is 141 Å². The van der Waals surface area contributed by atoms with Crippen LogP contribution in [0.5, 0.6) is 0 Å². The molecule has 78 heavy (non-hydrogen) atoms. The van der Waals surface area contributed by atoms with Gasteiger partial charge in [-0.3, -0.25) is 14.4 Å². The largest absolute Gasteiger partial charge is 0.462 e. The first-order valence-corrected chi connectivity index (χ1v) is 32.5. The smallest absolute Gasteiger partial charge is 0.306 e. The summed E-state index contributed by atoms with van der Waals surface area (Å²) < 4.78 is 16.9. The van der Waals surface area contributed by atoms with Crippen LogP contribution < -0.4 is 0 Å². The van der Waals surface area contributed by atoms with Gasteiger partial charge in [-0.05, 0) is 135 Å². The molecule has 0 aromatic carbocycles. The highest BCUT2D eigenvalue weighted by molar-refractivity contribution is 5.71. The Morgan fingerprint density at radius 3 is 0.795 bits per heavy atom. The second-order valence-electron chi connectivity index (χ2n) is 21.3. The van der Waals surface area contributed by atoms with Crippen molar-refractivity contribution in [1.29, 1.82) is 0 Å². The van der Waals surface area contributed by atoms with Gasteiger partial charge >= 0.3 is 17.9 Å². The molecule has 0 radical (unpaired) electrons. The Kier molecular flexibility index (Phi) is 61.8. The predicted octanol–water partition coefficient (Wildman–Crippen LogP) is 22.4. The van der Waals surface area contributed by atoms with Crippen molar-refractivity contribution in [2.45, 2.75) is 303 Å². The van der Waals surface area contributed by atoms with Gasteiger partial charge in [-0.2, -0.15) is 0 Å². The van der Waals surface area contributed by atoms with Crippen molar-refractivity contribution in [2.24, 2.45) is 0 Å². The summed E-state index contributed by atoms with van der Waals surface area (Å²) in [7, 11) is 0. The molecule has 0 aromatic rings. The lowest BCUT2D eigenvalue weighted by molar-refractivity contribution is -0.167. The maximum Gasteiger partial charge on any atom is 0.306 e. The number of rotatable bonds is 58. The molecule has 0 spiro atoms. The van der Waals surface area contributed by atoms with Crippen molar-refractivity contribution in [1.82, 2.24) is 0 Å². The highest BCUT2D eigenvalue weighted by Gasteiger charge is 2.19. The summed E-state index contributed by atoms with van der Waals surface area (Å²) in [6, 6.07) is 0. The number of carbonyl (C=O) groups excluding carboxylic acids is 3. The summed E-state index contributed by atoms with van der Waals surface area (Å²) in [6.45, 7) is 6.50. The Morgan fingerprint density at radius 1 is 0.269 bits per heavy atom. The van der Waals surface area contributed by atoms with E-state index in [0.29, 0.717) is 19.3 Å². The van der Waals surface area contributed by atoms with Gasteiger partial charge in [0.15, 0.2) is 6.10 Å². The summed E-state index contributed by atoms with van der Waals surface area (Å²) in [5.41, 5.74) is 0. The lowest BCUT2D eigenvalue weighted by atomic mass is 10.1. The topological polar surface area (TPSA) is 78.9 Å². The summed E-state index contributed by atoms with van der Waals surface area (Å²) in [5, 5.41) is 0. The fourth-order valence-electron chi connectivity index (χ4n) is 8.80. The van der Waals surface area contributed by atoms with Crippen LogP contribution in [0.3, 0.4) is 0 Å². The minimum atomic E-state index is -0.800. The first-order chi connectivity index (χ1) is 38.5. The molecule has 0 aliphatic carbocycles. The number of esters is 3. The van der Waals surface area contributed by atoms with E-state index in [1.165, 1.54) is 116 Å². The summed E-state index contributed by atoms with van der Waals surface area (Å²) in [4.78, 5) is 38.3. The van der Waals surface area contributed by atoms with Gasteiger partial charge in [0, 0.05) is 19.3 Å². The monoisotopic (exact) mass is 1080 g/mol. The van der Waals surface area contributed by atoms with Crippen LogP contribution in [0.1, 0.15) is 297 Å². The number of allylic oxidation sites excluding steroid dienone is 20. The van der Waals surface area contributed by atoms with Crippen molar-refractivity contribution in [3.05, 3.63) is 122 Å². The molecule has 1 atom stereocenters. The zero-order valence-electron chi connectivity index (χ0n) is 50.9. The Morgan fingerprint density at radius 2 is 0.500 bits per heavy atom. The summed E-state index contributed by atoms with van der Waals surface area (Å²) >= 11 is 0. The number of unbranched alkanes of at least 4 members (excludes halogenated alkanes) is 27. The van der Waals surface area contributed by atoms with E-state index in [9.17, 15) is 14.4 Å². The van der Waals surface area contributed by atoms with E-state index in [-0.39, 0.29) is 31.1 Å². The molecule has 1 unspecified atom stereocenters. The van der Waals surface area contributed by atoms with Crippen molar-refractivity contribution in [3.63, 3.8) is 0 Å². The minimum absolute atomic E-state index is 0.0950. The summed E-state index contributed by atoms with van der Waals surface area (Å²) in [6.07, 6.45) is 90.6. The second kappa shape index (κ2) is 65.3. The normalized spacial score (nSPS) is 12.9. The highest BCUT2D eigenvalue weighted by Crippen LogP contribution is 2.15. The minimum Gasteiger partial charge on any atom is -0.462 e. The third kappa shape index (κ3) is 62.7. The van der Waals surface area contributed by atoms with Crippen LogP contribution in [0.25, 0.3) is 0 Å². The van der Waals surface area contributed by atoms with Gasteiger partial charge in [-0.1, -0.05) is 264 Å². The highest BCUT2D eigenvalue weighted by atomic mass is 16.6. The van der Waals surface area contributed by atoms with Crippen molar-refractivity contribution >= 4 is 17.9 Å². The molecule has 0 heterocycles. The van der Waals surface area contributed by atoms with Crippen molar-refractivity contribution < 1.29 is 28.6 Å². The quantitative estimate of drug-likeness (QED) is 0.0261. The third-order valence-corrected chi connectivity index (χ3v) is 13.7. The molecular weight excluding hydrogens is 961 g/mol. The standard InChI is InChI=1S/C72H120O6/c1-4-7-10-13-16-19-22-25-28-30-31-32-33-34-35-36-37-38-39-40-41-42-45-47-50-53-56-59-62-65-71(74)77-68-69(67-76-70(73)64-61-58-55-52-49-46-43-27-24-21-18-15-12-9-6-3)78-72(75)66-63-60-57-54-51-48-44-29-26-23-20-17-14-11-8-5-2/h7,10,16,19,25,27-29,31-32,34-35,37-38,40-41,43-45,47,69H,4-6,8-9,11-15,17-18,20-24,26,30,33,36,39,42,46,48-68H2,1-3H3/b10-7-,19-16-,28-25-,32-31-,35-34-,38-37-,41-40-,43-27-,44-29-,47-45-. The first-order valence-electron chi connectivity index (χ1n) is 32.5. The molecule has 0 aliphatic rings. The van der Waals surface area contributed by atoms with Gasteiger partial charge in [0.2, 0.25) is 0 Å². The Hall–Kier alpha value is -4.19. The van der Waals surface area contributed by atoms with E-state index in [1.807, 2.05) is 0 Å². The molecule has 444 valence electrons. The SMILES string of the molecule is CC/C=C\C/C=C\C/C=C\C/C=C\C/C=C\C/C=C\C/C=C\C/C=C\CCCCCCC(=O)OCC(COC(=O)CCCCCCC/C=C\CCCCCCCC)OC(=O)CCCCCCC/C=C\CCCCCCCCC. The van der Waals surface area contributed by atoms with Crippen LogP contribution >= 0.6 is 0 Å². The fourth-order valence-corrected chi connectivity index (χ4v) is 8.80. The van der Waals surface area contributed by atoms with Crippen LogP contribution in [-0.2, 0) is 28.6 Å². The maximum absolute atomic E-state index is 12.9. The van der Waals surface area contributed by atoms with Gasteiger partial charge in [0.25, 0.3) is 0 Å². The Labute approximate surface area is 482 Å². The Balaban J connectivity index is 4.41. The average Bonchev–Trinajstić information content (AvgIpc) is 3.44. The van der Waals surface area contributed by atoms with Gasteiger partial charge in [-0.25, -0.2) is 0 Å². The summed E-state index contributed by atoms with van der Waals surface area (Å²) in [5.74, 6) is -0.932. The van der Waals surface area contributed by atoms with E-state index in [4.69, 9.17) is 14.2 Å². The lowest BCUT2D eigenvalue weighted by Gasteiger charge is -2.18. The maximum atomic E-state index is 12.9. The van der Waals surface area contributed by atoms with Crippen molar-refractivity contribution in [2.75, 3.05) is 13.2 Å². The molecule has 0 aliphatic heterocycles. The molecule has 0 N–H and O–H groups in total. The van der Waals surface area contributed by atoms with Gasteiger partial charge < -0.3 is 14.2 Å². The van der Waals surface area contributed by atoms with Crippen molar-refractivity contribution in [3.8, 4) is 0 Å². The molecular formula is C72H120O6. The zero-order valence-corrected chi connectivity index (χ0v) is 50.9. The van der Waals surface area contributed by atoms with Crippen LogP contribution in [0.4, 0.5) is 0 Å². The zero-order chi connectivity index (χ0) is 56.4. The molecule has 0 saturated heterocycles. The van der Waals surface area contributed by atoms with Gasteiger partial charge in [0.05, 0.1) is 0 Å². The van der Waals surface area contributed by atoms with Crippen LogP contribution in [-0.4, -0.2) is 37.2 Å². The predicted molar refractivity (Wildman–Crippen MR) is 339 cm³/mol. The number of carbonyl (C=O) groups is 3. The molecule has 0 fully saturated rings. The number of ether oxygens (including phenoxy) is 3. The van der Waals surface area contributed by atoms with Gasteiger partial charge in [-0.15, -0.1) is 0 Å². The van der Waals surface area contributed by atoms with Gasteiger partial charge in [0.1, 0.15) is 13.2 Å². The number of hydrogen-bond acceptors (Lipinski definition) is 6. The van der Waals surface area contributed by atoms with E-state index in [2.05, 4.69) is 142 Å². The second-order valence-corrected chi connectivity index (χ2v) is 21.3. The molecule has 6 heteroatoms. The molecule has 0 rings (SSSR count).